The van der Waals surface area contributed by atoms with Crippen molar-refractivity contribution in [3.8, 4) is 0 Å². The summed E-state index contributed by atoms with van der Waals surface area (Å²) in [4.78, 5) is 2.78. The molecule has 26 heavy (non-hydrogen) atoms. The summed E-state index contributed by atoms with van der Waals surface area (Å²) < 4.78 is 14.3. The van der Waals surface area contributed by atoms with Gasteiger partial charge in [0.2, 0.25) is 0 Å². The third kappa shape index (κ3) is 4.99. The maximum absolute atomic E-state index is 14.3. The summed E-state index contributed by atoms with van der Waals surface area (Å²) in [5, 5.41) is 0.565. The second-order valence-electron chi connectivity index (χ2n) is 12.2. The van der Waals surface area contributed by atoms with Gasteiger partial charge in [-0.3, -0.25) is 4.90 Å². The molecule has 0 aromatic heterocycles. The highest BCUT2D eigenvalue weighted by Crippen LogP contribution is 2.51. The number of thioether (sulfide) groups is 1. The highest BCUT2D eigenvalue weighted by molar-refractivity contribution is 8.00. The summed E-state index contributed by atoms with van der Waals surface area (Å²) in [6.45, 7) is 23.5. The lowest BCUT2D eigenvalue weighted by Crippen LogP contribution is -2.53. The summed E-state index contributed by atoms with van der Waals surface area (Å²) in [6.07, 6.45) is 2.17. The molecule has 1 nitrogen and oxygen atoms in total. The molecule has 1 saturated carbocycles. The minimum atomic E-state index is -0.592. The molecular weight excluding hydrogens is 341 g/mol. The van der Waals surface area contributed by atoms with Crippen LogP contribution >= 0.6 is 11.8 Å². The standard InChI is InChI=1S/C23H44FNS/c1-15(18-12-16(24)13-19(18)21(2,3)4)11-17-14-26-20(22(5,6)7)25(17)23(8,9)10/h15-20H,11-14H2,1-10H3. The van der Waals surface area contributed by atoms with Crippen LogP contribution in [0.4, 0.5) is 4.39 Å². The van der Waals surface area contributed by atoms with Gasteiger partial charge in [-0.1, -0.05) is 48.5 Å². The normalized spacial score (nSPS) is 35.9. The van der Waals surface area contributed by atoms with E-state index in [0.29, 0.717) is 29.2 Å². The van der Waals surface area contributed by atoms with Crippen LogP contribution in [0.5, 0.6) is 0 Å². The van der Waals surface area contributed by atoms with E-state index in [1.54, 1.807) is 0 Å². The number of hydrogen-bond acceptors (Lipinski definition) is 2. The maximum Gasteiger partial charge on any atom is 0.101 e. The molecular formula is C23H44FNS. The van der Waals surface area contributed by atoms with Crippen LogP contribution in [0.25, 0.3) is 0 Å². The number of rotatable bonds is 3. The Morgan fingerprint density at radius 2 is 1.54 bits per heavy atom. The summed E-state index contributed by atoms with van der Waals surface area (Å²) in [5.74, 6) is 2.86. The molecule has 0 bridgehead atoms. The lowest BCUT2D eigenvalue weighted by Gasteiger charge is -2.46. The summed E-state index contributed by atoms with van der Waals surface area (Å²) >= 11 is 2.14. The molecule has 1 heterocycles. The first kappa shape index (κ1) is 22.5. The van der Waals surface area contributed by atoms with Crippen molar-refractivity contribution in [2.45, 2.75) is 112 Å². The Bertz CT molecular complexity index is 470. The van der Waals surface area contributed by atoms with Gasteiger partial charge in [-0.05, 0) is 68.6 Å². The number of halogens is 1. The molecule has 0 radical (unpaired) electrons. The quantitative estimate of drug-likeness (QED) is 0.514. The van der Waals surface area contributed by atoms with Crippen LogP contribution in [-0.4, -0.2) is 33.8 Å². The molecule has 6 unspecified atom stereocenters. The van der Waals surface area contributed by atoms with Crippen molar-refractivity contribution in [2.75, 3.05) is 5.75 Å². The lowest BCUT2D eigenvalue weighted by atomic mass is 9.70. The average molecular weight is 386 g/mol. The molecule has 3 heteroatoms. The number of hydrogen-bond donors (Lipinski definition) is 0. The van der Waals surface area contributed by atoms with E-state index in [-0.39, 0.29) is 16.4 Å². The monoisotopic (exact) mass is 385 g/mol. The molecule has 6 atom stereocenters. The molecule has 0 amide bonds. The van der Waals surface area contributed by atoms with Crippen LogP contribution < -0.4 is 0 Å². The zero-order valence-corrected chi connectivity index (χ0v) is 19.8. The Labute approximate surface area is 167 Å². The van der Waals surface area contributed by atoms with E-state index in [1.807, 2.05) is 0 Å². The van der Waals surface area contributed by atoms with Crippen molar-refractivity contribution < 1.29 is 4.39 Å². The largest absolute Gasteiger partial charge is 0.282 e. The zero-order chi connectivity index (χ0) is 20.1. The second-order valence-corrected chi connectivity index (χ2v) is 13.3. The molecule has 0 aromatic carbocycles. The molecule has 154 valence electrons. The Hall–Kier alpha value is 0.240. The smallest absolute Gasteiger partial charge is 0.101 e. The van der Waals surface area contributed by atoms with E-state index in [0.717, 1.165) is 12.8 Å². The van der Waals surface area contributed by atoms with Crippen molar-refractivity contribution in [2.24, 2.45) is 28.6 Å². The summed E-state index contributed by atoms with van der Waals surface area (Å²) in [7, 11) is 0. The van der Waals surface area contributed by atoms with Gasteiger partial charge in [0.15, 0.2) is 0 Å². The minimum absolute atomic E-state index is 0.174. The Balaban J connectivity index is 2.16. The van der Waals surface area contributed by atoms with Crippen molar-refractivity contribution >= 4 is 11.8 Å². The maximum atomic E-state index is 14.3. The molecule has 0 N–H and O–H groups in total. The van der Waals surface area contributed by atoms with Crippen molar-refractivity contribution in [3.63, 3.8) is 0 Å². The predicted octanol–water partition coefficient (Wildman–Crippen LogP) is 7.01. The summed E-state index contributed by atoms with van der Waals surface area (Å²) in [6, 6.07) is 0.610. The molecule has 2 fully saturated rings. The van der Waals surface area contributed by atoms with E-state index < -0.39 is 6.17 Å². The molecule has 1 aliphatic heterocycles. The van der Waals surface area contributed by atoms with Gasteiger partial charge in [0.25, 0.3) is 0 Å². The Morgan fingerprint density at radius 1 is 0.962 bits per heavy atom. The van der Waals surface area contributed by atoms with Crippen LogP contribution in [0.1, 0.15) is 88.5 Å². The van der Waals surface area contributed by atoms with E-state index >= 15 is 0 Å². The Kier molecular flexibility index (Phi) is 6.57. The van der Waals surface area contributed by atoms with Crippen molar-refractivity contribution in [3.05, 3.63) is 0 Å². The van der Waals surface area contributed by atoms with Crippen LogP contribution in [0.15, 0.2) is 0 Å². The highest BCUT2D eigenvalue weighted by Gasteiger charge is 2.48. The average Bonchev–Trinajstić information content (AvgIpc) is 3.00. The third-order valence-electron chi connectivity index (χ3n) is 6.65. The summed E-state index contributed by atoms with van der Waals surface area (Å²) in [5.41, 5.74) is 0.663. The van der Waals surface area contributed by atoms with Gasteiger partial charge in [0.05, 0.1) is 5.37 Å². The van der Waals surface area contributed by atoms with Gasteiger partial charge < -0.3 is 0 Å². The first-order valence-corrected chi connectivity index (χ1v) is 11.7. The number of alkyl halides is 1. The first-order valence-electron chi connectivity index (χ1n) is 10.7. The van der Waals surface area contributed by atoms with Gasteiger partial charge in [-0.15, -0.1) is 11.8 Å². The van der Waals surface area contributed by atoms with E-state index in [9.17, 15) is 4.39 Å². The fraction of sp³-hybridized carbons (Fsp3) is 1.00. The molecule has 0 spiro atoms. The lowest BCUT2D eigenvalue weighted by molar-refractivity contribution is 0.0299. The fourth-order valence-corrected chi connectivity index (χ4v) is 7.39. The molecule has 2 aliphatic rings. The van der Waals surface area contributed by atoms with Crippen LogP contribution in [-0.2, 0) is 0 Å². The fourth-order valence-electron chi connectivity index (χ4n) is 5.54. The number of nitrogens with zero attached hydrogens (tertiary/aromatic N) is 1. The highest BCUT2D eigenvalue weighted by atomic mass is 32.2. The van der Waals surface area contributed by atoms with E-state index in [1.165, 1.54) is 12.2 Å². The minimum Gasteiger partial charge on any atom is -0.282 e. The van der Waals surface area contributed by atoms with Crippen LogP contribution in [0, 0.1) is 28.6 Å². The van der Waals surface area contributed by atoms with Crippen LogP contribution in [0.2, 0.25) is 0 Å². The second kappa shape index (κ2) is 7.58. The van der Waals surface area contributed by atoms with Gasteiger partial charge in [-0.2, -0.15) is 0 Å². The predicted molar refractivity (Wildman–Crippen MR) is 115 cm³/mol. The molecule has 1 saturated heterocycles. The SMILES string of the molecule is CC(CC1CSC(C(C)(C)C)N1C(C)(C)C)C1CC(F)CC1C(C)(C)C. The van der Waals surface area contributed by atoms with Gasteiger partial charge in [0.1, 0.15) is 6.17 Å². The molecule has 2 rings (SSSR count). The Morgan fingerprint density at radius 3 is 2.00 bits per heavy atom. The zero-order valence-electron chi connectivity index (χ0n) is 19.0. The van der Waals surface area contributed by atoms with Gasteiger partial charge in [0, 0.05) is 17.3 Å². The van der Waals surface area contributed by atoms with Crippen molar-refractivity contribution in [1.29, 1.82) is 0 Å². The van der Waals surface area contributed by atoms with Crippen LogP contribution in [0.3, 0.4) is 0 Å². The topological polar surface area (TPSA) is 3.24 Å². The van der Waals surface area contributed by atoms with Gasteiger partial charge in [-0.25, -0.2) is 4.39 Å². The van der Waals surface area contributed by atoms with Crippen molar-refractivity contribution in [1.82, 2.24) is 4.90 Å². The third-order valence-corrected chi connectivity index (χ3v) is 8.48. The molecule has 1 aliphatic carbocycles. The van der Waals surface area contributed by atoms with E-state index in [2.05, 4.69) is 85.9 Å². The molecule has 0 aromatic rings. The first-order chi connectivity index (χ1) is 11.6. The van der Waals surface area contributed by atoms with Gasteiger partial charge >= 0.3 is 0 Å². The van der Waals surface area contributed by atoms with E-state index in [4.69, 9.17) is 0 Å².